The standard InChI is InChI=1S/C35H35F3N8O4/c1-3-22(20-44-16-9-17-50-21-44)31(47)41-24-11-8-10-23(18-24)28-26-19-40-46(25-12-6-5-7-13-25)33(26)45(4-2)34(49)29(28)43-32(48)30-39-15-14-27(42-30)35(36,37)38/h3,5-8,10-15,18-19,28-29H,4,9,16-17,20-21H2,1-2H3,(H,41,47)(H,43,48)/b22-3+/t28-,29+/m1/s1. The molecule has 0 bridgehead atoms. The molecular formula is C35H35F3N8O4. The summed E-state index contributed by atoms with van der Waals surface area (Å²) < 4.78 is 47.4. The van der Waals surface area contributed by atoms with Crippen LogP contribution in [0.25, 0.3) is 5.69 Å². The second kappa shape index (κ2) is 14.6. The van der Waals surface area contributed by atoms with Crippen LogP contribution in [0.3, 0.4) is 0 Å². The maximum atomic E-state index is 14.3. The fraction of sp³-hybridized carbons (Fsp3) is 0.314. The molecule has 12 nitrogen and oxygen atoms in total. The fourth-order valence-corrected chi connectivity index (χ4v) is 6.18. The number of hydrogen-bond donors (Lipinski definition) is 2. The molecule has 0 unspecified atom stereocenters. The summed E-state index contributed by atoms with van der Waals surface area (Å²) in [5, 5.41) is 10.2. The van der Waals surface area contributed by atoms with Crippen LogP contribution in [0.15, 0.2) is 84.7 Å². The average Bonchev–Trinajstić information content (AvgIpc) is 3.56. The van der Waals surface area contributed by atoms with Gasteiger partial charge in [0.1, 0.15) is 17.6 Å². The van der Waals surface area contributed by atoms with Gasteiger partial charge >= 0.3 is 6.18 Å². The quantitative estimate of drug-likeness (QED) is 0.245. The smallest absolute Gasteiger partial charge is 0.366 e. The van der Waals surface area contributed by atoms with Crippen LogP contribution >= 0.6 is 0 Å². The Morgan fingerprint density at radius 2 is 1.90 bits per heavy atom. The van der Waals surface area contributed by atoms with Crippen molar-refractivity contribution < 1.29 is 32.3 Å². The van der Waals surface area contributed by atoms with Gasteiger partial charge in [0.15, 0.2) is 0 Å². The first kappa shape index (κ1) is 34.5. The molecule has 2 aromatic carbocycles. The van der Waals surface area contributed by atoms with Crippen molar-refractivity contribution in [2.75, 3.05) is 43.2 Å². The number of aromatic nitrogens is 4. The molecule has 6 rings (SSSR count). The molecule has 2 aliphatic heterocycles. The number of carbonyl (C=O) groups excluding carboxylic acids is 3. The number of amides is 3. The largest absolute Gasteiger partial charge is 0.433 e. The Balaban J connectivity index is 1.38. The first-order valence-electron chi connectivity index (χ1n) is 16.1. The topological polar surface area (TPSA) is 135 Å². The normalized spacial score (nSPS) is 18.5. The van der Waals surface area contributed by atoms with Crippen molar-refractivity contribution in [2.24, 2.45) is 0 Å². The third-order valence-electron chi connectivity index (χ3n) is 8.55. The van der Waals surface area contributed by atoms with Crippen molar-refractivity contribution in [1.82, 2.24) is 30.0 Å². The number of alkyl halides is 3. The Morgan fingerprint density at radius 1 is 1.10 bits per heavy atom. The van der Waals surface area contributed by atoms with Crippen molar-refractivity contribution in [3.05, 3.63) is 107 Å². The van der Waals surface area contributed by atoms with E-state index in [0.717, 1.165) is 19.2 Å². The van der Waals surface area contributed by atoms with Gasteiger partial charge in [-0.3, -0.25) is 24.2 Å². The number of allylic oxidation sites excluding steroid dienone is 1. The number of rotatable bonds is 9. The number of carbonyl (C=O) groups is 3. The summed E-state index contributed by atoms with van der Waals surface area (Å²) in [6, 6.07) is 15.4. The molecule has 4 heterocycles. The van der Waals surface area contributed by atoms with Crippen molar-refractivity contribution in [3.8, 4) is 5.69 Å². The van der Waals surface area contributed by atoms with Gasteiger partial charge in [0.05, 0.1) is 18.6 Å². The molecule has 2 aliphatic rings. The molecule has 0 spiro atoms. The zero-order valence-corrected chi connectivity index (χ0v) is 27.4. The molecule has 3 amide bonds. The van der Waals surface area contributed by atoms with Crippen LogP contribution in [0, 0.1) is 0 Å². The fourth-order valence-electron chi connectivity index (χ4n) is 6.18. The second-order valence-corrected chi connectivity index (χ2v) is 11.8. The van der Waals surface area contributed by atoms with Gasteiger partial charge in [-0.1, -0.05) is 36.4 Å². The summed E-state index contributed by atoms with van der Waals surface area (Å²) in [6.07, 6.45) is 0.260. The number of fused-ring (bicyclic) bond motifs is 1. The Morgan fingerprint density at radius 3 is 2.60 bits per heavy atom. The summed E-state index contributed by atoms with van der Waals surface area (Å²) in [7, 11) is 0. The van der Waals surface area contributed by atoms with Crippen molar-refractivity contribution in [3.63, 3.8) is 0 Å². The number of para-hydroxylation sites is 1. The maximum absolute atomic E-state index is 14.3. The molecule has 0 saturated carbocycles. The zero-order valence-electron chi connectivity index (χ0n) is 27.4. The number of hydrogen-bond acceptors (Lipinski definition) is 8. The zero-order chi connectivity index (χ0) is 35.4. The van der Waals surface area contributed by atoms with Crippen LogP contribution in [0.2, 0.25) is 0 Å². The minimum atomic E-state index is -4.81. The molecule has 1 saturated heterocycles. The molecule has 1 fully saturated rings. The molecule has 15 heteroatoms. The van der Waals surface area contributed by atoms with Crippen LogP contribution in [0.4, 0.5) is 24.7 Å². The number of nitrogens with zero attached hydrogens (tertiary/aromatic N) is 6. The molecule has 4 aromatic rings. The number of likely N-dealkylation sites (N-methyl/N-ethyl adjacent to an activating group) is 1. The number of anilines is 2. The van der Waals surface area contributed by atoms with E-state index in [-0.39, 0.29) is 12.5 Å². The van der Waals surface area contributed by atoms with Crippen LogP contribution in [0.5, 0.6) is 0 Å². The van der Waals surface area contributed by atoms with Gasteiger partial charge in [-0.25, -0.2) is 14.6 Å². The predicted molar refractivity (Wildman–Crippen MR) is 178 cm³/mol. The van der Waals surface area contributed by atoms with Crippen LogP contribution in [-0.2, 0) is 20.5 Å². The molecule has 2 atom stereocenters. The lowest BCUT2D eigenvalue weighted by Crippen LogP contribution is -2.55. The van der Waals surface area contributed by atoms with Crippen molar-refractivity contribution in [1.29, 1.82) is 0 Å². The van der Waals surface area contributed by atoms with Gasteiger partial charge in [0.2, 0.25) is 5.82 Å². The van der Waals surface area contributed by atoms with Crippen LogP contribution in [0.1, 0.15) is 53.6 Å². The highest BCUT2D eigenvalue weighted by atomic mass is 19.4. The molecule has 0 aliphatic carbocycles. The molecule has 0 radical (unpaired) electrons. The van der Waals surface area contributed by atoms with Gasteiger partial charge < -0.3 is 15.4 Å². The number of nitrogens with one attached hydrogen (secondary N) is 2. The minimum absolute atomic E-state index is 0.202. The van der Waals surface area contributed by atoms with Crippen LogP contribution in [-0.4, -0.2) is 81.4 Å². The highest BCUT2D eigenvalue weighted by Gasteiger charge is 2.45. The SMILES string of the molecule is C/C=C(\CN1CCCOC1)C(=O)Nc1cccc([C@@H]2c3cnn(-c4ccccc4)c3N(CC)C(=O)[C@H]2NC(=O)c2nccc(C(F)(F)F)n2)c1. The molecule has 260 valence electrons. The lowest BCUT2D eigenvalue weighted by molar-refractivity contribution is -0.141. The van der Waals surface area contributed by atoms with E-state index < -0.39 is 41.5 Å². The highest BCUT2D eigenvalue weighted by molar-refractivity contribution is 6.05. The van der Waals surface area contributed by atoms with Gasteiger partial charge in [-0.05, 0) is 56.2 Å². The molecule has 50 heavy (non-hydrogen) atoms. The summed E-state index contributed by atoms with van der Waals surface area (Å²) in [5.41, 5.74) is 1.51. The van der Waals surface area contributed by atoms with E-state index in [1.807, 2.05) is 35.2 Å². The summed E-state index contributed by atoms with van der Waals surface area (Å²) >= 11 is 0. The minimum Gasteiger partial charge on any atom is -0.366 e. The Labute approximate surface area is 286 Å². The van der Waals surface area contributed by atoms with Crippen LogP contribution < -0.4 is 15.5 Å². The third-order valence-corrected chi connectivity index (χ3v) is 8.55. The Kier molecular flexibility index (Phi) is 10.1. The lowest BCUT2D eigenvalue weighted by Gasteiger charge is -2.38. The van der Waals surface area contributed by atoms with E-state index >= 15 is 0 Å². The Hall–Kier alpha value is -5.41. The maximum Gasteiger partial charge on any atom is 0.433 e. The average molecular weight is 689 g/mol. The van der Waals surface area contributed by atoms with E-state index in [0.29, 0.717) is 59.8 Å². The number of halogens is 3. The predicted octanol–water partition coefficient (Wildman–Crippen LogP) is 4.54. The third kappa shape index (κ3) is 7.14. The molecule has 2 N–H and O–H groups in total. The van der Waals surface area contributed by atoms with Gasteiger partial charge in [0.25, 0.3) is 17.7 Å². The number of benzene rings is 2. The van der Waals surface area contributed by atoms with E-state index in [1.54, 1.807) is 55.1 Å². The van der Waals surface area contributed by atoms with E-state index in [4.69, 9.17) is 4.74 Å². The van der Waals surface area contributed by atoms with E-state index in [1.165, 1.54) is 4.90 Å². The van der Waals surface area contributed by atoms with Gasteiger partial charge in [-0.15, -0.1) is 0 Å². The lowest BCUT2D eigenvalue weighted by atomic mass is 9.82. The van der Waals surface area contributed by atoms with Gasteiger partial charge in [-0.2, -0.15) is 18.3 Å². The van der Waals surface area contributed by atoms with Crippen molar-refractivity contribution in [2.45, 2.75) is 38.4 Å². The first-order chi connectivity index (χ1) is 24.1. The highest BCUT2D eigenvalue weighted by Crippen LogP contribution is 2.42. The Bertz CT molecular complexity index is 1910. The summed E-state index contributed by atoms with van der Waals surface area (Å²) in [4.78, 5) is 51.8. The van der Waals surface area contributed by atoms with E-state index in [9.17, 15) is 27.6 Å². The summed E-state index contributed by atoms with van der Waals surface area (Å²) in [6.45, 7) is 6.08. The van der Waals surface area contributed by atoms with Crippen molar-refractivity contribution >= 4 is 29.2 Å². The molecular weight excluding hydrogens is 653 g/mol. The summed E-state index contributed by atoms with van der Waals surface area (Å²) in [5.74, 6) is -3.01. The number of ether oxygens (including phenoxy) is 1. The first-order valence-corrected chi connectivity index (χ1v) is 16.1. The molecule has 2 aromatic heterocycles. The second-order valence-electron chi connectivity index (χ2n) is 11.8. The van der Waals surface area contributed by atoms with Gasteiger partial charge in [0, 0.05) is 55.2 Å². The monoisotopic (exact) mass is 688 g/mol. The van der Waals surface area contributed by atoms with E-state index in [2.05, 4.69) is 25.7 Å².